The Kier molecular flexibility index (Phi) is 4.07. The lowest BCUT2D eigenvalue weighted by atomic mass is 10.2. The van der Waals surface area contributed by atoms with Gasteiger partial charge in [-0.1, -0.05) is 6.07 Å². The normalized spacial score (nSPS) is 12.0. The van der Waals surface area contributed by atoms with Crippen LogP contribution in [-0.2, 0) is 0 Å². The minimum Gasteiger partial charge on any atom is -0.383 e. The molecule has 3 heterocycles. The molecule has 26 heavy (non-hydrogen) atoms. The number of nitrogens with one attached hydrogen (secondary N) is 2. The van der Waals surface area contributed by atoms with E-state index in [1.807, 2.05) is 47.5 Å². The third-order valence-corrected chi connectivity index (χ3v) is 4.27. The van der Waals surface area contributed by atoms with Crippen molar-refractivity contribution in [1.82, 2.24) is 24.7 Å². The van der Waals surface area contributed by atoms with Crippen LogP contribution in [0.15, 0.2) is 55.2 Å². The predicted molar refractivity (Wildman–Crippen MR) is 99.5 cm³/mol. The molecule has 0 aliphatic rings. The molecule has 0 fully saturated rings. The third kappa shape index (κ3) is 3.00. The van der Waals surface area contributed by atoms with Crippen LogP contribution in [0.4, 0.5) is 5.69 Å². The number of hydrogen-bond donors (Lipinski definition) is 2. The molecule has 4 aromatic rings. The fourth-order valence-electron chi connectivity index (χ4n) is 2.86. The van der Waals surface area contributed by atoms with Gasteiger partial charge in [-0.3, -0.25) is 4.68 Å². The van der Waals surface area contributed by atoms with Gasteiger partial charge < -0.3 is 10.3 Å². The van der Waals surface area contributed by atoms with Crippen LogP contribution in [0.1, 0.15) is 18.5 Å². The molecule has 0 aliphatic carbocycles. The first kappa shape index (κ1) is 15.8. The van der Waals surface area contributed by atoms with Gasteiger partial charge in [-0.25, -0.2) is 9.97 Å². The van der Waals surface area contributed by atoms with Gasteiger partial charge in [0.2, 0.25) is 0 Å². The molecule has 4 rings (SSSR count). The zero-order valence-corrected chi connectivity index (χ0v) is 14.2. The molecule has 0 saturated carbocycles. The molecular weight excluding hydrogens is 326 g/mol. The Hall–Kier alpha value is -3.66. The maximum absolute atomic E-state index is 8.98. The van der Waals surface area contributed by atoms with Crippen LogP contribution in [0.2, 0.25) is 0 Å². The highest BCUT2D eigenvalue weighted by molar-refractivity contribution is 5.89. The molecule has 0 aliphatic heterocycles. The van der Waals surface area contributed by atoms with Gasteiger partial charge in [-0.2, -0.15) is 10.4 Å². The highest BCUT2D eigenvalue weighted by Gasteiger charge is 2.12. The molecule has 1 atom stereocenters. The fourth-order valence-corrected chi connectivity index (χ4v) is 2.86. The second-order valence-corrected chi connectivity index (χ2v) is 6.09. The smallest absolute Gasteiger partial charge is 0.141 e. The summed E-state index contributed by atoms with van der Waals surface area (Å²) >= 11 is 0. The van der Waals surface area contributed by atoms with E-state index in [-0.39, 0.29) is 6.04 Å². The number of H-pyrrole nitrogens is 1. The van der Waals surface area contributed by atoms with E-state index < -0.39 is 0 Å². The summed E-state index contributed by atoms with van der Waals surface area (Å²) in [6, 6.07) is 11.7. The number of aromatic amines is 1. The number of fused-ring (bicyclic) bond motifs is 1. The number of nitrogens with zero attached hydrogens (tertiary/aromatic N) is 5. The third-order valence-electron chi connectivity index (χ3n) is 4.27. The van der Waals surface area contributed by atoms with Crippen LogP contribution in [0.5, 0.6) is 0 Å². The summed E-state index contributed by atoms with van der Waals surface area (Å²) in [7, 11) is 0. The van der Waals surface area contributed by atoms with Crippen molar-refractivity contribution in [2.45, 2.75) is 13.0 Å². The quantitative estimate of drug-likeness (QED) is 0.579. The lowest BCUT2D eigenvalue weighted by molar-refractivity contribution is 0.512. The van der Waals surface area contributed by atoms with Gasteiger partial charge in [0.1, 0.15) is 12.0 Å². The first-order valence-electron chi connectivity index (χ1n) is 8.31. The van der Waals surface area contributed by atoms with Crippen LogP contribution in [0, 0.1) is 11.3 Å². The zero-order valence-electron chi connectivity index (χ0n) is 14.2. The van der Waals surface area contributed by atoms with E-state index >= 15 is 0 Å². The minimum atomic E-state index is 0.137. The number of anilines is 1. The number of hydrogen-bond acceptors (Lipinski definition) is 5. The maximum Gasteiger partial charge on any atom is 0.141 e. The van der Waals surface area contributed by atoms with Gasteiger partial charge in [0.15, 0.2) is 0 Å². The van der Waals surface area contributed by atoms with Crippen LogP contribution in [0.25, 0.3) is 22.3 Å². The fraction of sp³-hybridized carbons (Fsp3) is 0.158. The van der Waals surface area contributed by atoms with E-state index in [9.17, 15) is 0 Å². The molecule has 0 spiro atoms. The molecule has 0 radical (unpaired) electrons. The van der Waals surface area contributed by atoms with Crippen LogP contribution >= 0.6 is 0 Å². The lowest BCUT2D eigenvalue weighted by Gasteiger charge is -2.14. The molecule has 7 nitrogen and oxygen atoms in total. The summed E-state index contributed by atoms with van der Waals surface area (Å²) in [6.45, 7) is 2.78. The molecule has 7 heteroatoms. The zero-order chi connectivity index (χ0) is 17.9. The van der Waals surface area contributed by atoms with Crippen molar-refractivity contribution in [3.05, 3.63) is 60.8 Å². The van der Waals surface area contributed by atoms with Crippen molar-refractivity contribution in [3.63, 3.8) is 0 Å². The van der Waals surface area contributed by atoms with Gasteiger partial charge in [-0.15, -0.1) is 0 Å². The Morgan fingerprint density at radius 3 is 3.12 bits per heavy atom. The highest BCUT2D eigenvalue weighted by Crippen LogP contribution is 2.25. The standard InChI is InChI=1S/C19H17N7/c1-13(9-22-16-4-2-3-14(7-16)8-20)26-11-15(10-25-26)18-17-5-6-21-19(17)24-12-23-18/h2-7,10-13,22H,9H2,1H3,(H,21,23,24). The monoisotopic (exact) mass is 343 g/mol. The van der Waals surface area contributed by atoms with E-state index in [2.05, 4.69) is 38.4 Å². The second-order valence-electron chi connectivity index (χ2n) is 6.09. The Balaban J connectivity index is 1.50. The van der Waals surface area contributed by atoms with Crippen molar-refractivity contribution >= 4 is 16.7 Å². The lowest BCUT2D eigenvalue weighted by Crippen LogP contribution is -2.16. The number of nitriles is 1. The van der Waals surface area contributed by atoms with Gasteiger partial charge in [0.05, 0.1) is 29.6 Å². The van der Waals surface area contributed by atoms with E-state index in [4.69, 9.17) is 5.26 Å². The predicted octanol–water partition coefficient (Wildman–Crippen LogP) is 3.37. The molecule has 2 N–H and O–H groups in total. The van der Waals surface area contributed by atoms with E-state index in [1.165, 1.54) is 0 Å². The number of rotatable bonds is 5. The average molecular weight is 343 g/mol. The molecule has 1 unspecified atom stereocenters. The summed E-state index contributed by atoms with van der Waals surface area (Å²) in [4.78, 5) is 11.7. The Bertz CT molecular complexity index is 1090. The Morgan fingerprint density at radius 2 is 2.23 bits per heavy atom. The second kappa shape index (κ2) is 6.69. The summed E-state index contributed by atoms with van der Waals surface area (Å²) in [5, 5.41) is 17.8. The van der Waals surface area contributed by atoms with Crippen molar-refractivity contribution in [2.24, 2.45) is 0 Å². The highest BCUT2D eigenvalue weighted by atomic mass is 15.3. The summed E-state index contributed by atoms with van der Waals surface area (Å²) in [5.41, 5.74) is 4.20. The van der Waals surface area contributed by atoms with Gasteiger partial charge in [-0.05, 0) is 31.2 Å². The topological polar surface area (TPSA) is 95.2 Å². The van der Waals surface area contributed by atoms with Crippen molar-refractivity contribution in [3.8, 4) is 17.3 Å². The molecule has 1 aromatic carbocycles. The summed E-state index contributed by atoms with van der Waals surface area (Å²) in [6.07, 6.45) is 7.22. The summed E-state index contributed by atoms with van der Waals surface area (Å²) < 4.78 is 1.91. The maximum atomic E-state index is 8.98. The summed E-state index contributed by atoms with van der Waals surface area (Å²) in [5.74, 6) is 0. The molecule has 128 valence electrons. The molecule has 0 bridgehead atoms. The first-order chi connectivity index (χ1) is 12.7. The Morgan fingerprint density at radius 1 is 1.31 bits per heavy atom. The SMILES string of the molecule is CC(CNc1cccc(C#N)c1)n1cc(-c2ncnc3[nH]ccc23)cn1. The van der Waals surface area contributed by atoms with E-state index in [0.717, 1.165) is 28.0 Å². The van der Waals surface area contributed by atoms with Gasteiger partial charge >= 0.3 is 0 Å². The number of aromatic nitrogens is 5. The van der Waals surface area contributed by atoms with Crippen LogP contribution in [0.3, 0.4) is 0 Å². The largest absolute Gasteiger partial charge is 0.383 e. The van der Waals surface area contributed by atoms with Crippen molar-refractivity contribution in [2.75, 3.05) is 11.9 Å². The van der Waals surface area contributed by atoms with Crippen LogP contribution in [-0.4, -0.2) is 31.3 Å². The minimum absolute atomic E-state index is 0.137. The van der Waals surface area contributed by atoms with Crippen molar-refractivity contribution < 1.29 is 0 Å². The van der Waals surface area contributed by atoms with Gasteiger partial charge in [0, 0.05) is 35.6 Å². The average Bonchev–Trinajstić information content (AvgIpc) is 3.35. The van der Waals surface area contributed by atoms with E-state index in [0.29, 0.717) is 12.1 Å². The van der Waals surface area contributed by atoms with E-state index in [1.54, 1.807) is 12.4 Å². The Labute approximate surface area is 150 Å². The molecular formula is C19H17N7. The van der Waals surface area contributed by atoms with Gasteiger partial charge in [0.25, 0.3) is 0 Å². The molecule has 0 amide bonds. The van der Waals surface area contributed by atoms with Crippen molar-refractivity contribution in [1.29, 1.82) is 5.26 Å². The number of benzene rings is 1. The van der Waals surface area contributed by atoms with Crippen LogP contribution < -0.4 is 5.32 Å². The first-order valence-corrected chi connectivity index (χ1v) is 8.31. The molecule has 3 aromatic heterocycles. The molecule has 0 saturated heterocycles.